The molecule has 0 aliphatic carbocycles. The molecule has 0 rings (SSSR count). The summed E-state index contributed by atoms with van der Waals surface area (Å²) < 4.78 is 16.2. The second-order valence-corrected chi connectivity index (χ2v) is 3.40. The number of aliphatic hydroxyl groups is 1. The maximum absolute atomic E-state index is 10.1. The Morgan fingerprint density at radius 3 is 1.94 bits per heavy atom. The van der Waals surface area contributed by atoms with Crippen LogP contribution in [0, 0.1) is 0 Å². The lowest BCUT2D eigenvalue weighted by atomic mass is 10.4. The molecular formula is C11H26N2O4. The average molecular weight is 250 g/mol. The van der Waals surface area contributed by atoms with Crippen molar-refractivity contribution in [3.05, 3.63) is 0 Å². The molecular weight excluding hydrogens is 224 g/mol. The molecule has 0 heterocycles. The molecule has 0 fully saturated rings. The third-order valence-electron chi connectivity index (χ3n) is 2.09. The summed E-state index contributed by atoms with van der Waals surface area (Å²) in [5.74, 6) is -1.44. The molecule has 0 amide bonds. The fourth-order valence-corrected chi connectivity index (χ4v) is 1.43. The first-order valence-electron chi connectivity index (χ1n) is 6.20. The number of hydrogen-bond acceptors (Lipinski definition) is 6. The van der Waals surface area contributed by atoms with Gasteiger partial charge in [0.15, 0.2) is 6.23 Å². The summed E-state index contributed by atoms with van der Waals surface area (Å²) in [6, 6.07) is 0. The molecule has 6 heteroatoms. The molecule has 0 aliphatic heterocycles. The van der Waals surface area contributed by atoms with E-state index >= 15 is 0 Å². The molecule has 0 saturated heterocycles. The summed E-state index contributed by atoms with van der Waals surface area (Å²) in [6.07, 6.45) is -0.286. The van der Waals surface area contributed by atoms with Crippen LogP contribution < -0.4 is 11.1 Å². The van der Waals surface area contributed by atoms with Gasteiger partial charge in [-0.1, -0.05) is 0 Å². The van der Waals surface area contributed by atoms with Gasteiger partial charge >= 0.3 is 5.97 Å². The van der Waals surface area contributed by atoms with Crippen LogP contribution in [-0.4, -0.2) is 50.2 Å². The zero-order valence-electron chi connectivity index (χ0n) is 11.1. The Hall–Kier alpha value is -0.240. The van der Waals surface area contributed by atoms with Crippen LogP contribution in [0.3, 0.4) is 0 Å². The van der Waals surface area contributed by atoms with Crippen LogP contribution in [0.1, 0.15) is 27.2 Å². The Labute approximate surface area is 103 Å². The lowest BCUT2D eigenvalue weighted by Gasteiger charge is -2.36. The lowest BCUT2D eigenvalue weighted by molar-refractivity contribution is -0.414. The van der Waals surface area contributed by atoms with Crippen LogP contribution in [0.5, 0.6) is 0 Å². The summed E-state index contributed by atoms with van der Waals surface area (Å²) in [5.41, 5.74) is 5.38. The number of nitrogens with two attached hydrogens (primary N) is 1. The number of nitrogens with one attached hydrogen (secondary N) is 1. The minimum atomic E-state index is -1.44. The number of ether oxygens (including phenoxy) is 3. The maximum atomic E-state index is 10.1. The number of rotatable bonds is 11. The van der Waals surface area contributed by atoms with Gasteiger partial charge in [0.25, 0.3) is 0 Å². The first kappa shape index (κ1) is 16.8. The van der Waals surface area contributed by atoms with Crippen molar-refractivity contribution in [1.29, 1.82) is 0 Å². The lowest BCUT2D eigenvalue weighted by Crippen LogP contribution is -2.56. The van der Waals surface area contributed by atoms with Gasteiger partial charge in [0, 0.05) is 19.8 Å². The monoisotopic (exact) mass is 250 g/mol. The highest BCUT2D eigenvalue weighted by Crippen LogP contribution is 2.19. The minimum Gasteiger partial charge on any atom is -0.371 e. The molecule has 1 unspecified atom stereocenters. The van der Waals surface area contributed by atoms with Crippen LogP contribution in [0.2, 0.25) is 0 Å². The molecule has 0 aromatic heterocycles. The Balaban J connectivity index is 4.48. The van der Waals surface area contributed by atoms with Crippen molar-refractivity contribution in [1.82, 2.24) is 5.32 Å². The molecule has 0 aromatic rings. The standard InChI is InChI=1S/C11H26N2O4/c1-4-15-11(16-5-2,17-6-3)10(14)13-9-7-8-12/h10,13-14H,4-9,12H2,1-3H3. The van der Waals surface area contributed by atoms with Crippen LogP contribution in [0.4, 0.5) is 0 Å². The van der Waals surface area contributed by atoms with Gasteiger partial charge in [-0.25, -0.2) is 0 Å². The van der Waals surface area contributed by atoms with E-state index in [1.165, 1.54) is 0 Å². The summed E-state index contributed by atoms with van der Waals surface area (Å²) >= 11 is 0. The summed E-state index contributed by atoms with van der Waals surface area (Å²) in [6.45, 7) is 7.75. The quantitative estimate of drug-likeness (QED) is 0.354. The second-order valence-electron chi connectivity index (χ2n) is 3.40. The predicted molar refractivity (Wildman–Crippen MR) is 65.3 cm³/mol. The molecule has 0 aliphatic rings. The number of aliphatic hydroxyl groups excluding tert-OH is 1. The first-order valence-corrected chi connectivity index (χ1v) is 6.20. The van der Waals surface area contributed by atoms with Gasteiger partial charge in [-0.2, -0.15) is 0 Å². The van der Waals surface area contributed by atoms with Crippen molar-refractivity contribution in [2.45, 2.75) is 39.4 Å². The van der Waals surface area contributed by atoms with E-state index in [2.05, 4.69) is 5.32 Å². The van der Waals surface area contributed by atoms with Gasteiger partial charge in [0.05, 0.1) is 0 Å². The fraction of sp³-hybridized carbons (Fsp3) is 1.00. The molecule has 4 N–H and O–H groups in total. The highest BCUT2D eigenvalue weighted by molar-refractivity contribution is 4.68. The molecule has 0 aromatic carbocycles. The molecule has 17 heavy (non-hydrogen) atoms. The van der Waals surface area contributed by atoms with E-state index < -0.39 is 12.2 Å². The van der Waals surface area contributed by atoms with Gasteiger partial charge in [0.1, 0.15) is 0 Å². The van der Waals surface area contributed by atoms with Crippen LogP contribution in [-0.2, 0) is 14.2 Å². The summed E-state index contributed by atoms with van der Waals surface area (Å²) in [7, 11) is 0. The van der Waals surface area contributed by atoms with E-state index in [0.717, 1.165) is 6.42 Å². The minimum absolute atomic E-state index is 0.385. The van der Waals surface area contributed by atoms with E-state index in [0.29, 0.717) is 32.9 Å². The van der Waals surface area contributed by atoms with E-state index in [1.807, 2.05) is 20.8 Å². The van der Waals surface area contributed by atoms with E-state index in [1.54, 1.807) is 0 Å². The topological polar surface area (TPSA) is 86.0 Å². The average Bonchev–Trinajstić information content (AvgIpc) is 2.30. The van der Waals surface area contributed by atoms with E-state index in [-0.39, 0.29) is 0 Å². The van der Waals surface area contributed by atoms with Crippen molar-refractivity contribution in [3.63, 3.8) is 0 Å². The highest BCUT2D eigenvalue weighted by Gasteiger charge is 2.41. The Kier molecular flexibility index (Phi) is 9.62. The normalized spacial score (nSPS) is 13.9. The second kappa shape index (κ2) is 9.76. The third kappa shape index (κ3) is 5.76. The molecule has 0 bridgehead atoms. The van der Waals surface area contributed by atoms with Crippen LogP contribution in [0.25, 0.3) is 0 Å². The van der Waals surface area contributed by atoms with Gasteiger partial charge < -0.3 is 25.1 Å². The summed E-state index contributed by atoms with van der Waals surface area (Å²) in [4.78, 5) is 0. The fourth-order valence-electron chi connectivity index (χ4n) is 1.43. The van der Waals surface area contributed by atoms with Crippen molar-refractivity contribution < 1.29 is 19.3 Å². The third-order valence-corrected chi connectivity index (χ3v) is 2.09. The van der Waals surface area contributed by atoms with Gasteiger partial charge in [-0.15, -0.1) is 0 Å². The largest absolute Gasteiger partial charge is 0.371 e. The Bertz CT molecular complexity index is 164. The molecule has 0 saturated carbocycles. The van der Waals surface area contributed by atoms with Gasteiger partial charge in [-0.05, 0) is 40.3 Å². The zero-order valence-corrected chi connectivity index (χ0v) is 11.1. The first-order chi connectivity index (χ1) is 8.16. The zero-order chi connectivity index (χ0) is 13.1. The van der Waals surface area contributed by atoms with Crippen molar-refractivity contribution in [2.24, 2.45) is 5.73 Å². The SMILES string of the molecule is CCOC(OCC)(OCC)C(O)NCCCN. The van der Waals surface area contributed by atoms with Gasteiger partial charge in [-0.3, -0.25) is 5.32 Å². The van der Waals surface area contributed by atoms with Crippen molar-refractivity contribution in [2.75, 3.05) is 32.9 Å². The molecule has 104 valence electrons. The Morgan fingerprint density at radius 2 is 1.59 bits per heavy atom. The summed E-state index contributed by atoms with van der Waals surface area (Å²) in [5, 5.41) is 12.9. The molecule has 0 spiro atoms. The maximum Gasteiger partial charge on any atom is 0.324 e. The molecule has 0 radical (unpaired) electrons. The Morgan fingerprint density at radius 1 is 1.12 bits per heavy atom. The predicted octanol–water partition coefficient (Wildman–Crippen LogP) is 0.00650. The van der Waals surface area contributed by atoms with E-state index in [9.17, 15) is 5.11 Å². The van der Waals surface area contributed by atoms with Crippen LogP contribution >= 0.6 is 0 Å². The number of hydrogen-bond donors (Lipinski definition) is 3. The van der Waals surface area contributed by atoms with E-state index in [4.69, 9.17) is 19.9 Å². The smallest absolute Gasteiger partial charge is 0.324 e. The van der Waals surface area contributed by atoms with Crippen molar-refractivity contribution in [3.8, 4) is 0 Å². The molecule has 1 atom stereocenters. The highest BCUT2D eigenvalue weighted by atomic mass is 16.9. The van der Waals surface area contributed by atoms with Crippen LogP contribution in [0.15, 0.2) is 0 Å². The molecule has 6 nitrogen and oxygen atoms in total. The van der Waals surface area contributed by atoms with Crippen molar-refractivity contribution >= 4 is 0 Å². The van der Waals surface area contributed by atoms with Gasteiger partial charge in [0.2, 0.25) is 0 Å².